The number of benzene rings is 2. The van der Waals surface area contributed by atoms with Gasteiger partial charge in [0.1, 0.15) is 11.4 Å². The van der Waals surface area contributed by atoms with Gasteiger partial charge in [-0.25, -0.2) is 0 Å². The molecule has 0 saturated carbocycles. The summed E-state index contributed by atoms with van der Waals surface area (Å²) in [7, 11) is 1.65. The monoisotopic (exact) mass is 397 g/mol. The summed E-state index contributed by atoms with van der Waals surface area (Å²) in [5, 5.41) is 17.7. The third-order valence-electron chi connectivity index (χ3n) is 4.94. The number of carbonyl (C=O) groups is 1. The van der Waals surface area contributed by atoms with E-state index in [1.165, 1.54) is 0 Å². The quantitative estimate of drug-likeness (QED) is 0.616. The summed E-state index contributed by atoms with van der Waals surface area (Å²) in [4.78, 5) is 14.9. The first-order chi connectivity index (χ1) is 13.6. The van der Waals surface area contributed by atoms with Gasteiger partial charge in [-0.2, -0.15) is 5.10 Å². The number of aromatic hydroxyl groups is 1. The van der Waals surface area contributed by atoms with E-state index in [2.05, 4.69) is 10.2 Å². The number of fused-ring (bicyclic) bond motifs is 1. The van der Waals surface area contributed by atoms with Crippen molar-refractivity contribution in [1.29, 1.82) is 0 Å². The molecule has 1 unspecified atom stereocenters. The number of hydrogen-bond acceptors (Lipinski definition) is 4. The maximum Gasteiger partial charge on any atom is 0.273 e. The largest absolute Gasteiger partial charge is 0.508 e. The van der Waals surface area contributed by atoms with Crippen molar-refractivity contribution in [2.24, 2.45) is 0 Å². The lowest BCUT2D eigenvalue weighted by Crippen LogP contribution is -2.31. The highest BCUT2D eigenvalue weighted by Crippen LogP contribution is 2.43. The summed E-state index contributed by atoms with van der Waals surface area (Å²) in [5.74, 6) is 0.0984. The zero-order valence-corrected chi connectivity index (χ0v) is 16.1. The minimum Gasteiger partial charge on any atom is -0.508 e. The van der Waals surface area contributed by atoms with Gasteiger partial charge in [0.05, 0.1) is 11.7 Å². The van der Waals surface area contributed by atoms with Crippen LogP contribution in [0.4, 0.5) is 0 Å². The minimum absolute atomic E-state index is 0.0862. The number of amides is 1. The highest BCUT2D eigenvalue weighted by molar-refractivity contribution is 6.30. The van der Waals surface area contributed by atoms with E-state index in [4.69, 9.17) is 16.3 Å². The van der Waals surface area contributed by atoms with Gasteiger partial charge in [-0.3, -0.25) is 9.89 Å². The Morgan fingerprint density at radius 1 is 1.18 bits per heavy atom. The summed E-state index contributed by atoms with van der Waals surface area (Å²) in [5.41, 5.74) is 3.87. The first-order valence-electron chi connectivity index (χ1n) is 9.03. The molecule has 1 amide bonds. The average Bonchev–Trinajstić information content (AvgIpc) is 3.23. The highest BCUT2D eigenvalue weighted by Gasteiger charge is 2.41. The fraction of sp³-hybridized carbons (Fsp3) is 0.238. The Morgan fingerprint density at radius 3 is 2.57 bits per heavy atom. The number of aromatic amines is 1. The number of nitrogens with one attached hydrogen (secondary N) is 1. The van der Waals surface area contributed by atoms with E-state index in [0.29, 0.717) is 23.9 Å². The summed E-state index contributed by atoms with van der Waals surface area (Å²) >= 11 is 6.02. The van der Waals surface area contributed by atoms with Crippen LogP contribution in [0.2, 0.25) is 5.02 Å². The van der Waals surface area contributed by atoms with E-state index in [0.717, 1.165) is 28.8 Å². The number of phenols is 1. The minimum atomic E-state index is -0.288. The van der Waals surface area contributed by atoms with Crippen molar-refractivity contribution in [2.75, 3.05) is 20.3 Å². The topological polar surface area (TPSA) is 78.5 Å². The Hall–Kier alpha value is -2.83. The molecule has 0 saturated heterocycles. The molecule has 1 aliphatic rings. The van der Waals surface area contributed by atoms with Gasteiger partial charge in [-0.15, -0.1) is 0 Å². The second kappa shape index (κ2) is 7.66. The van der Waals surface area contributed by atoms with Crippen molar-refractivity contribution in [1.82, 2.24) is 15.1 Å². The number of phenolic OH excluding ortho intramolecular Hbond substituents is 1. The molecule has 2 heterocycles. The highest BCUT2D eigenvalue weighted by atomic mass is 35.5. The van der Waals surface area contributed by atoms with Crippen molar-refractivity contribution < 1.29 is 14.6 Å². The van der Waals surface area contributed by atoms with Gasteiger partial charge >= 0.3 is 0 Å². The van der Waals surface area contributed by atoms with Crippen LogP contribution in [0.25, 0.3) is 11.3 Å². The molecule has 6 nitrogen and oxygen atoms in total. The molecule has 1 aromatic heterocycles. The van der Waals surface area contributed by atoms with Gasteiger partial charge in [0.15, 0.2) is 0 Å². The van der Waals surface area contributed by atoms with Crippen molar-refractivity contribution in [3.63, 3.8) is 0 Å². The van der Waals surface area contributed by atoms with Gasteiger partial charge < -0.3 is 14.7 Å². The lowest BCUT2D eigenvalue weighted by molar-refractivity contribution is 0.0723. The fourth-order valence-electron chi connectivity index (χ4n) is 3.64. The lowest BCUT2D eigenvalue weighted by Gasteiger charge is -2.26. The third kappa shape index (κ3) is 3.25. The molecule has 28 heavy (non-hydrogen) atoms. The number of ether oxygens (including phenoxy) is 1. The molecule has 0 fully saturated rings. The van der Waals surface area contributed by atoms with Crippen LogP contribution in [0.5, 0.6) is 5.75 Å². The predicted octanol–water partition coefficient (Wildman–Crippen LogP) is 4.02. The molecule has 0 spiro atoms. The van der Waals surface area contributed by atoms with E-state index >= 15 is 0 Å². The molecule has 7 heteroatoms. The molecule has 1 aliphatic heterocycles. The van der Waals surface area contributed by atoms with Crippen LogP contribution in [0.15, 0.2) is 48.5 Å². The second-order valence-electron chi connectivity index (χ2n) is 6.71. The van der Waals surface area contributed by atoms with Crippen molar-refractivity contribution in [3.05, 3.63) is 70.4 Å². The Morgan fingerprint density at radius 2 is 1.89 bits per heavy atom. The zero-order valence-electron chi connectivity index (χ0n) is 15.4. The number of H-pyrrole nitrogens is 1. The van der Waals surface area contributed by atoms with Gasteiger partial charge in [0, 0.05) is 36.4 Å². The second-order valence-corrected chi connectivity index (χ2v) is 7.14. The maximum atomic E-state index is 13.1. The van der Waals surface area contributed by atoms with Gasteiger partial charge in [-0.05, 0) is 36.2 Å². The van der Waals surface area contributed by atoms with Crippen molar-refractivity contribution in [3.8, 4) is 17.0 Å². The number of aromatic nitrogens is 2. The van der Waals surface area contributed by atoms with Crippen molar-refractivity contribution in [2.45, 2.75) is 12.5 Å². The normalized spacial score (nSPS) is 15.9. The molecule has 2 N–H and O–H groups in total. The van der Waals surface area contributed by atoms with Crippen LogP contribution < -0.4 is 0 Å². The van der Waals surface area contributed by atoms with E-state index in [1.54, 1.807) is 31.4 Å². The van der Waals surface area contributed by atoms with E-state index in [1.807, 2.05) is 29.2 Å². The molecule has 3 aromatic rings. The zero-order chi connectivity index (χ0) is 19.7. The van der Waals surface area contributed by atoms with Crippen LogP contribution in [0.1, 0.15) is 34.1 Å². The van der Waals surface area contributed by atoms with Gasteiger partial charge in [-0.1, -0.05) is 35.9 Å². The molecule has 0 bridgehead atoms. The standard InChI is InChI=1S/C21H20ClN3O3/c1-28-12-2-11-25-20(14-5-9-16(26)10-6-14)17-18(23-24-19(17)21(25)27)13-3-7-15(22)8-4-13/h3-10,20,26H,2,11-12H2,1H3,(H,23,24). The number of rotatable bonds is 6. The maximum absolute atomic E-state index is 13.1. The van der Waals surface area contributed by atoms with Crippen LogP contribution >= 0.6 is 11.6 Å². The first kappa shape index (κ1) is 18.5. The number of nitrogens with zero attached hydrogens (tertiary/aromatic N) is 2. The van der Waals surface area contributed by atoms with Gasteiger partial charge in [0.2, 0.25) is 0 Å². The molecular weight excluding hydrogens is 378 g/mol. The van der Waals surface area contributed by atoms with Crippen LogP contribution in [0.3, 0.4) is 0 Å². The van der Waals surface area contributed by atoms with Crippen molar-refractivity contribution >= 4 is 17.5 Å². The van der Waals surface area contributed by atoms with E-state index in [-0.39, 0.29) is 17.7 Å². The Balaban J connectivity index is 1.80. The molecule has 0 radical (unpaired) electrons. The first-order valence-corrected chi connectivity index (χ1v) is 9.41. The Labute approximate surface area is 167 Å². The number of carbonyl (C=O) groups excluding carboxylic acids is 1. The van der Waals surface area contributed by atoms with Crippen LogP contribution in [-0.2, 0) is 4.74 Å². The summed E-state index contributed by atoms with van der Waals surface area (Å²) < 4.78 is 5.15. The predicted molar refractivity (Wildman–Crippen MR) is 107 cm³/mol. The molecule has 1 atom stereocenters. The smallest absolute Gasteiger partial charge is 0.273 e. The number of methoxy groups -OCH3 is 1. The van der Waals surface area contributed by atoms with Gasteiger partial charge in [0.25, 0.3) is 5.91 Å². The summed E-state index contributed by atoms with van der Waals surface area (Å²) in [6.45, 7) is 1.13. The number of halogens is 1. The SMILES string of the molecule is COCCCN1C(=O)c2[nH]nc(-c3ccc(Cl)cc3)c2C1c1ccc(O)cc1. The van der Waals surface area contributed by atoms with E-state index in [9.17, 15) is 9.90 Å². The fourth-order valence-corrected chi connectivity index (χ4v) is 3.76. The molecule has 0 aliphatic carbocycles. The lowest BCUT2D eigenvalue weighted by atomic mass is 9.96. The molecular formula is C21H20ClN3O3. The Kier molecular flexibility index (Phi) is 5.07. The third-order valence-corrected chi connectivity index (χ3v) is 5.19. The van der Waals surface area contributed by atoms with Crippen LogP contribution in [-0.4, -0.2) is 46.4 Å². The number of hydrogen-bond donors (Lipinski definition) is 2. The Bertz CT molecular complexity index is 983. The molecule has 2 aromatic carbocycles. The summed E-state index contributed by atoms with van der Waals surface area (Å²) in [6, 6.07) is 14.1. The summed E-state index contributed by atoms with van der Waals surface area (Å²) in [6.07, 6.45) is 0.727. The molecule has 144 valence electrons. The molecule has 4 rings (SSSR count). The van der Waals surface area contributed by atoms with E-state index < -0.39 is 0 Å². The van der Waals surface area contributed by atoms with Crippen LogP contribution in [0, 0.1) is 0 Å². The average molecular weight is 398 g/mol.